The predicted octanol–water partition coefficient (Wildman–Crippen LogP) is 2.48. The van der Waals surface area contributed by atoms with E-state index in [1.807, 2.05) is 13.0 Å². The number of fused-ring (bicyclic) bond motifs is 1. The van der Waals surface area contributed by atoms with Crippen LogP contribution in [0, 0.1) is 16.7 Å². The van der Waals surface area contributed by atoms with E-state index in [1.165, 1.54) is 0 Å². The summed E-state index contributed by atoms with van der Waals surface area (Å²) >= 11 is 0. The molecule has 116 valence electrons. The number of hydrogen-bond donors (Lipinski definition) is 1. The van der Waals surface area contributed by atoms with Gasteiger partial charge in [0.1, 0.15) is 0 Å². The molecule has 4 nitrogen and oxygen atoms in total. The van der Waals surface area contributed by atoms with Crippen LogP contribution >= 0.6 is 0 Å². The number of aliphatic hydroxyl groups is 1. The van der Waals surface area contributed by atoms with Crippen LogP contribution in [0.5, 0.6) is 0 Å². The summed E-state index contributed by atoms with van der Waals surface area (Å²) in [7, 11) is -3.50. The molecular weight excluding hydrogens is 276 g/mol. The molecule has 0 saturated heterocycles. The van der Waals surface area contributed by atoms with Crippen molar-refractivity contribution in [1.29, 1.82) is 0 Å². The highest BCUT2D eigenvalue weighted by Gasteiger charge is 2.54. The summed E-state index contributed by atoms with van der Waals surface area (Å²) in [5.41, 5.74) is 0.638. The van der Waals surface area contributed by atoms with Gasteiger partial charge in [-0.15, -0.1) is 0 Å². The first kappa shape index (κ1) is 16.0. The lowest BCUT2D eigenvalue weighted by atomic mass is 9.53. The summed E-state index contributed by atoms with van der Waals surface area (Å²) in [5, 5.41) is 10.5. The first-order chi connectivity index (χ1) is 8.95. The van der Waals surface area contributed by atoms with Crippen molar-refractivity contribution in [1.82, 2.24) is 0 Å². The van der Waals surface area contributed by atoms with Gasteiger partial charge in [-0.3, -0.25) is 4.18 Å². The van der Waals surface area contributed by atoms with E-state index in [9.17, 15) is 13.5 Å². The number of rotatable bonds is 2. The molecule has 2 rings (SSSR count). The molecule has 0 aliphatic heterocycles. The van der Waals surface area contributed by atoms with Gasteiger partial charge in [0.2, 0.25) is 0 Å². The van der Waals surface area contributed by atoms with Crippen LogP contribution in [0.3, 0.4) is 0 Å². The van der Waals surface area contributed by atoms with E-state index in [1.54, 1.807) is 0 Å². The first-order valence-electron chi connectivity index (χ1n) is 7.18. The Morgan fingerprint density at radius 3 is 2.45 bits per heavy atom. The zero-order valence-electron chi connectivity index (χ0n) is 13.0. The standard InChI is InChI=1S/C15H26O4S/c1-10-6-7-15(4)11(13(10)16)8-14(2,3)9-12(15)19-20(5,17)18/h6,11-13,16H,7-9H2,1-5H3/t11-,12-,13+,15-/m0/s1. The Balaban J connectivity index is 2.41. The molecule has 0 heterocycles. The lowest BCUT2D eigenvalue weighted by Gasteiger charge is -2.55. The fourth-order valence-corrected chi connectivity index (χ4v) is 4.52. The molecule has 0 radical (unpaired) electrons. The fourth-order valence-electron chi connectivity index (χ4n) is 3.81. The first-order valence-corrected chi connectivity index (χ1v) is 8.99. The van der Waals surface area contributed by atoms with Gasteiger partial charge in [0.15, 0.2) is 0 Å². The largest absolute Gasteiger partial charge is 0.388 e. The van der Waals surface area contributed by atoms with Gasteiger partial charge in [0, 0.05) is 5.41 Å². The van der Waals surface area contributed by atoms with Gasteiger partial charge >= 0.3 is 0 Å². The zero-order chi connectivity index (χ0) is 15.3. The quantitative estimate of drug-likeness (QED) is 0.629. The van der Waals surface area contributed by atoms with Crippen molar-refractivity contribution in [2.75, 3.05) is 6.26 Å². The third kappa shape index (κ3) is 2.95. The minimum atomic E-state index is -3.50. The van der Waals surface area contributed by atoms with Gasteiger partial charge in [-0.25, -0.2) is 0 Å². The van der Waals surface area contributed by atoms with Crippen molar-refractivity contribution < 1.29 is 17.7 Å². The Bertz CT molecular complexity index is 520. The Hall–Kier alpha value is -0.390. The molecule has 0 unspecified atom stereocenters. The molecular formula is C15H26O4S. The minimum absolute atomic E-state index is 0.0296. The molecule has 2 aliphatic rings. The highest BCUT2D eigenvalue weighted by Crippen LogP contribution is 2.56. The van der Waals surface area contributed by atoms with Gasteiger partial charge < -0.3 is 5.11 Å². The lowest BCUT2D eigenvalue weighted by Crippen LogP contribution is -2.55. The fraction of sp³-hybridized carbons (Fsp3) is 0.867. The van der Waals surface area contributed by atoms with Crippen LogP contribution in [0.4, 0.5) is 0 Å². The third-order valence-corrected chi connectivity index (χ3v) is 5.68. The number of allylic oxidation sites excluding steroid dienone is 1. The monoisotopic (exact) mass is 302 g/mol. The molecule has 1 N–H and O–H groups in total. The highest BCUT2D eigenvalue weighted by atomic mass is 32.2. The molecule has 4 atom stereocenters. The van der Waals surface area contributed by atoms with Crippen LogP contribution < -0.4 is 0 Å². The van der Waals surface area contributed by atoms with Crippen molar-refractivity contribution in [2.45, 2.75) is 59.2 Å². The second kappa shape index (κ2) is 4.82. The Morgan fingerprint density at radius 1 is 1.30 bits per heavy atom. The topological polar surface area (TPSA) is 63.6 Å². The SMILES string of the molecule is CC1=CC[C@]2(C)[C@@H](OS(C)(=O)=O)CC(C)(C)C[C@H]2[C@@H]1O. The smallest absolute Gasteiger partial charge is 0.264 e. The molecule has 20 heavy (non-hydrogen) atoms. The second-order valence-corrected chi connectivity index (χ2v) is 9.17. The highest BCUT2D eigenvalue weighted by molar-refractivity contribution is 7.86. The van der Waals surface area contributed by atoms with E-state index in [0.717, 1.165) is 24.7 Å². The maximum atomic E-state index is 11.6. The number of hydrogen-bond acceptors (Lipinski definition) is 4. The van der Waals surface area contributed by atoms with Crippen molar-refractivity contribution >= 4 is 10.1 Å². The summed E-state index contributed by atoms with van der Waals surface area (Å²) in [4.78, 5) is 0. The van der Waals surface area contributed by atoms with Crippen molar-refractivity contribution in [2.24, 2.45) is 16.7 Å². The summed E-state index contributed by atoms with van der Waals surface area (Å²) in [6.07, 6.45) is 4.61. The maximum Gasteiger partial charge on any atom is 0.264 e. The molecule has 0 amide bonds. The zero-order valence-corrected chi connectivity index (χ0v) is 13.8. The van der Waals surface area contributed by atoms with Crippen molar-refractivity contribution in [3.63, 3.8) is 0 Å². The molecule has 0 spiro atoms. The van der Waals surface area contributed by atoms with Crippen molar-refractivity contribution in [3.05, 3.63) is 11.6 Å². The average Bonchev–Trinajstić information content (AvgIpc) is 2.26. The Labute approximate surface area is 122 Å². The second-order valence-electron chi connectivity index (χ2n) is 7.57. The van der Waals surface area contributed by atoms with Crippen LogP contribution in [-0.2, 0) is 14.3 Å². The molecule has 0 aromatic carbocycles. The minimum Gasteiger partial charge on any atom is -0.388 e. The molecule has 2 aliphatic carbocycles. The summed E-state index contributed by atoms with van der Waals surface area (Å²) in [5.74, 6) is 0.0444. The van der Waals surface area contributed by atoms with Gasteiger partial charge in [0.25, 0.3) is 10.1 Å². The van der Waals surface area contributed by atoms with Gasteiger partial charge in [0.05, 0.1) is 18.5 Å². The van der Waals surface area contributed by atoms with E-state index in [4.69, 9.17) is 4.18 Å². The average molecular weight is 302 g/mol. The summed E-state index contributed by atoms with van der Waals surface area (Å²) in [6, 6.07) is 0. The molecule has 0 aromatic heterocycles. The predicted molar refractivity (Wildman–Crippen MR) is 78.7 cm³/mol. The molecule has 5 heteroatoms. The van der Waals surface area contributed by atoms with E-state index >= 15 is 0 Å². The summed E-state index contributed by atoms with van der Waals surface area (Å²) in [6.45, 7) is 8.23. The lowest BCUT2D eigenvalue weighted by molar-refractivity contribution is -0.106. The van der Waals surface area contributed by atoms with E-state index < -0.39 is 16.2 Å². The van der Waals surface area contributed by atoms with Crippen LogP contribution in [0.15, 0.2) is 11.6 Å². The van der Waals surface area contributed by atoms with E-state index in [0.29, 0.717) is 6.42 Å². The molecule has 0 aromatic rings. The van der Waals surface area contributed by atoms with Crippen LogP contribution in [0.1, 0.15) is 47.0 Å². The Kier molecular flexibility index (Phi) is 3.85. The normalized spacial score (nSPS) is 40.9. The van der Waals surface area contributed by atoms with Gasteiger partial charge in [-0.2, -0.15) is 8.42 Å². The third-order valence-electron chi connectivity index (χ3n) is 5.10. The molecule has 0 bridgehead atoms. The van der Waals surface area contributed by atoms with Crippen molar-refractivity contribution in [3.8, 4) is 0 Å². The van der Waals surface area contributed by atoms with Crippen LogP contribution in [-0.4, -0.2) is 32.0 Å². The summed E-state index contributed by atoms with van der Waals surface area (Å²) < 4.78 is 28.5. The van der Waals surface area contributed by atoms with E-state index in [2.05, 4.69) is 20.8 Å². The maximum absolute atomic E-state index is 11.6. The number of aliphatic hydroxyl groups excluding tert-OH is 1. The van der Waals surface area contributed by atoms with Crippen LogP contribution in [0.2, 0.25) is 0 Å². The molecule has 1 saturated carbocycles. The van der Waals surface area contributed by atoms with Gasteiger partial charge in [-0.05, 0) is 43.1 Å². The van der Waals surface area contributed by atoms with Crippen LogP contribution in [0.25, 0.3) is 0 Å². The van der Waals surface area contributed by atoms with E-state index in [-0.39, 0.29) is 22.9 Å². The molecule has 1 fully saturated rings. The van der Waals surface area contributed by atoms with Gasteiger partial charge in [-0.1, -0.05) is 26.8 Å². The Morgan fingerprint density at radius 2 is 1.90 bits per heavy atom.